The van der Waals surface area contributed by atoms with Crippen LogP contribution in [-0.2, 0) is 19.5 Å². The molecular weight excluding hydrogens is 384 g/mol. The molecule has 154 valence electrons. The summed E-state index contributed by atoms with van der Waals surface area (Å²) in [7, 11) is 0. The number of benzene rings is 1. The van der Waals surface area contributed by atoms with Crippen LogP contribution in [0.4, 0.5) is 5.82 Å². The summed E-state index contributed by atoms with van der Waals surface area (Å²) in [6.45, 7) is 4.24. The van der Waals surface area contributed by atoms with Crippen LogP contribution in [0.3, 0.4) is 0 Å². The molecule has 3 heterocycles. The van der Waals surface area contributed by atoms with Crippen LogP contribution < -0.4 is 10.2 Å². The van der Waals surface area contributed by atoms with Crippen LogP contribution in [0.5, 0.6) is 0 Å². The zero-order valence-electron chi connectivity index (χ0n) is 17.5. The molecule has 1 aliphatic heterocycles. The molecule has 2 N–H and O–H groups in total. The Bertz CT molecular complexity index is 1160. The van der Waals surface area contributed by atoms with Crippen LogP contribution in [0.25, 0.3) is 5.57 Å². The first-order valence-corrected chi connectivity index (χ1v) is 10.3. The maximum Gasteiger partial charge on any atom is 0.131 e. The first kappa shape index (κ1) is 20.3. The van der Waals surface area contributed by atoms with E-state index in [-0.39, 0.29) is 0 Å². The van der Waals surface area contributed by atoms with Gasteiger partial charge < -0.3 is 15.6 Å². The van der Waals surface area contributed by atoms with E-state index in [0.29, 0.717) is 18.7 Å². The Hall–Kier alpha value is -3.98. The van der Waals surface area contributed by atoms with Crippen molar-refractivity contribution in [2.75, 3.05) is 11.4 Å². The highest BCUT2D eigenvalue weighted by Crippen LogP contribution is 2.26. The molecule has 6 nitrogen and oxygen atoms in total. The Morgan fingerprint density at radius 3 is 2.81 bits per heavy atom. The van der Waals surface area contributed by atoms with Crippen LogP contribution in [0.15, 0.2) is 61.1 Å². The molecular formula is C25H24N6. The van der Waals surface area contributed by atoms with Crippen molar-refractivity contribution in [2.24, 2.45) is 0 Å². The Morgan fingerprint density at radius 2 is 2.06 bits per heavy atom. The minimum atomic E-state index is 0.575. The normalized spacial score (nSPS) is 13.3. The van der Waals surface area contributed by atoms with Gasteiger partial charge in [0.2, 0.25) is 0 Å². The lowest BCUT2D eigenvalue weighted by molar-refractivity contribution is 0.700. The predicted octanol–water partition coefficient (Wildman–Crippen LogP) is 4.00. The number of hydrogen-bond acceptors (Lipinski definition) is 6. The molecule has 31 heavy (non-hydrogen) atoms. The third-order valence-corrected chi connectivity index (χ3v) is 5.41. The first-order chi connectivity index (χ1) is 15.2. The quantitative estimate of drug-likeness (QED) is 0.602. The molecule has 1 aromatic carbocycles. The largest absolute Gasteiger partial charge is 0.386 e. The van der Waals surface area contributed by atoms with E-state index in [9.17, 15) is 0 Å². The van der Waals surface area contributed by atoms with E-state index < -0.39 is 0 Å². The van der Waals surface area contributed by atoms with Crippen LogP contribution in [-0.4, -0.2) is 22.7 Å². The number of fused-ring (bicyclic) bond motifs is 1. The number of nitrogens with zero attached hydrogens (tertiary/aromatic N) is 4. The van der Waals surface area contributed by atoms with Gasteiger partial charge in [-0.15, -0.1) is 0 Å². The number of aromatic nitrogens is 2. The lowest BCUT2D eigenvalue weighted by Crippen LogP contribution is -2.32. The highest BCUT2D eigenvalue weighted by molar-refractivity contribution is 6.08. The topological polar surface area (TPSA) is 88.7 Å². The molecule has 3 aromatic rings. The number of allylic oxidation sites excluding steroid dienone is 1. The SMILES string of the molecule is Cc1cc(C#N)cnc1N1CCc2ncc(/C(C=N)=C/NCc3ccccc3)cc2C1. The summed E-state index contributed by atoms with van der Waals surface area (Å²) in [5.74, 6) is 0.905. The monoisotopic (exact) mass is 408 g/mol. The van der Waals surface area contributed by atoms with Gasteiger partial charge in [0, 0.05) is 67.7 Å². The maximum atomic E-state index is 9.09. The number of anilines is 1. The van der Waals surface area contributed by atoms with Gasteiger partial charge in [-0.25, -0.2) is 4.98 Å². The standard InChI is InChI=1S/C25H24N6/c1-18-9-20(11-26)14-30-25(18)31-8-7-24-22(17-31)10-21(16-29-24)23(12-27)15-28-13-19-5-3-2-4-6-19/h2-6,9-10,12,14-16,27-28H,7-8,13,17H2,1H3/b23-15+,27-12?. The predicted molar refractivity (Wildman–Crippen MR) is 123 cm³/mol. The summed E-state index contributed by atoms with van der Waals surface area (Å²) in [5, 5.41) is 20.2. The summed E-state index contributed by atoms with van der Waals surface area (Å²) in [4.78, 5) is 11.4. The minimum absolute atomic E-state index is 0.575. The van der Waals surface area contributed by atoms with Crippen molar-refractivity contribution >= 4 is 17.6 Å². The summed E-state index contributed by atoms with van der Waals surface area (Å²) >= 11 is 0. The van der Waals surface area contributed by atoms with Crippen molar-refractivity contribution in [3.8, 4) is 6.07 Å². The Kier molecular flexibility index (Phi) is 6.04. The summed E-state index contributed by atoms with van der Waals surface area (Å²) < 4.78 is 0. The molecule has 0 bridgehead atoms. The molecule has 0 saturated heterocycles. The van der Waals surface area contributed by atoms with Crippen LogP contribution >= 0.6 is 0 Å². The number of hydrogen-bond donors (Lipinski definition) is 2. The maximum absolute atomic E-state index is 9.09. The average Bonchev–Trinajstić information content (AvgIpc) is 2.81. The zero-order valence-corrected chi connectivity index (χ0v) is 17.5. The number of pyridine rings is 2. The molecule has 0 spiro atoms. The second kappa shape index (κ2) is 9.23. The molecule has 6 heteroatoms. The molecule has 0 amide bonds. The molecule has 0 fully saturated rings. The second-order valence-corrected chi connectivity index (χ2v) is 7.59. The molecule has 4 rings (SSSR count). The highest BCUT2D eigenvalue weighted by atomic mass is 15.2. The van der Waals surface area contributed by atoms with Gasteiger partial charge in [-0.2, -0.15) is 5.26 Å². The fourth-order valence-corrected chi connectivity index (χ4v) is 3.81. The van der Waals surface area contributed by atoms with Crippen LogP contribution in [0, 0.1) is 23.7 Å². The molecule has 0 aliphatic carbocycles. The fourth-order valence-electron chi connectivity index (χ4n) is 3.81. The van der Waals surface area contributed by atoms with Crippen molar-refractivity contribution in [1.82, 2.24) is 15.3 Å². The molecule has 0 unspecified atom stereocenters. The van der Waals surface area contributed by atoms with E-state index in [2.05, 4.69) is 44.5 Å². The van der Waals surface area contributed by atoms with Gasteiger partial charge >= 0.3 is 0 Å². The minimum Gasteiger partial charge on any atom is -0.386 e. The summed E-state index contributed by atoms with van der Waals surface area (Å²) in [6, 6.07) is 16.3. The van der Waals surface area contributed by atoms with Gasteiger partial charge in [0.25, 0.3) is 0 Å². The molecule has 0 atom stereocenters. The fraction of sp³-hybridized carbons (Fsp3) is 0.200. The number of aryl methyl sites for hydroxylation is 1. The van der Waals surface area contributed by atoms with Crippen molar-refractivity contribution in [1.29, 1.82) is 10.7 Å². The van der Waals surface area contributed by atoms with Crippen molar-refractivity contribution < 1.29 is 0 Å². The second-order valence-electron chi connectivity index (χ2n) is 7.59. The van der Waals surface area contributed by atoms with E-state index in [4.69, 9.17) is 10.7 Å². The zero-order chi connectivity index (χ0) is 21.6. The van der Waals surface area contributed by atoms with E-state index in [1.165, 1.54) is 11.8 Å². The van der Waals surface area contributed by atoms with Crippen molar-refractivity contribution in [3.05, 3.63) is 94.6 Å². The van der Waals surface area contributed by atoms with Gasteiger partial charge in [0.05, 0.1) is 5.56 Å². The number of nitriles is 1. The third-order valence-electron chi connectivity index (χ3n) is 5.41. The Labute approximate surface area is 182 Å². The molecule has 0 saturated carbocycles. The smallest absolute Gasteiger partial charge is 0.131 e. The van der Waals surface area contributed by atoms with E-state index in [1.54, 1.807) is 6.20 Å². The summed E-state index contributed by atoms with van der Waals surface area (Å²) in [5.41, 5.74) is 6.70. The van der Waals surface area contributed by atoms with Gasteiger partial charge in [0.15, 0.2) is 0 Å². The van der Waals surface area contributed by atoms with Crippen LogP contribution in [0.2, 0.25) is 0 Å². The molecule has 0 radical (unpaired) electrons. The Balaban J connectivity index is 1.52. The highest BCUT2D eigenvalue weighted by Gasteiger charge is 2.20. The van der Waals surface area contributed by atoms with Crippen molar-refractivity contribution in [2.45, 2.75) is 26.4 Å². The lowest BCUT2D eigenvalue weighted by atomic mass is 10.0. The Morgan fingerprint density at radius 1 is 1.23 bits per heavy atom. The molecule has 2 aromatic heterocycles. The van der Waals surface area contributed by atoms with Gasteiger partial charge in [-0.3, -0.25) is 4.98 Å². The van der Waals surface area contributed by atoms with E-state index in [1.807, 2.05) is 43.6 Å². The van der Waals surface area contributed by atoms with Gasteiger partial charge in [-0.05, 0) is 35.7 Å². The molecule has 1 aliphatic rings. The van der Waals surface area contributed by atoms with Crippen molar-refractivity contribution in [3.63, 3.8) is 0 Å². The number of rotatable bonds is 6. The van der Waals surface area contributed by atoms with E-state index in [0.717, 1.165) is 46.7 Å². The lowest BCUT2D eigenvalue weighted by Gasteiger charge is -2.30. The number of nitrogens with one attached hydrogen (secondary N) is 2. The third kappa shape index (κ3) is 4.62. The first-order valence-electron chi connectivity index (χ1n) is 10.3. The van der Waals surface area contributed by atoms with E-state index >= 15 is 0 Å². The summed E-state index contributed by atoms with van der Waals surface area (Å²) in [6.07, 6.45) is 7.54. The van der Waals surface area contributed by atoms with Crippen LogP contribution in [0.1, 0.15) is 33.5 Å². The average molecular weight is 409 g/mol. The van der Waals surface area contributed by atoms with Gasteiger partial charge in [-0.1, -0.05) is 30.3 Å². The van der Waals surface area contributed by atoms with Gasteiger partial charge in [0.1, 0.15) is 11.9 Å².